The van der Waals surface area contributed by atoms with Gasteiger partial charge in [0.15, 0.2) is 0 Å². The molecule has 0 aromatic heterocycles. The summed E-state index contributed by atoms with van der Waals surface area (Å²) in [5.74, 6) is -0.367. The quantitative estimate of drug-likeness (QED) is 0.621. The van der Waals surface area contributed by atoms with Crippen LogP contribution in [0.3, 0.4) is 0 Å². The molecule has 3 aromatic carbocycles. The van der Waals surface area contributed by atoms with Gasteiger partial charge in [-0.1, -0.05) is 72.3 Å². The number of amides is 2. The average molecular weight is 393 g/mol. The van der Waals surface area contributed by atoms with E-state index in [1.807, 2.05) is 48.5 Å². The van der Waals surface area contributed by atoms with Crippen molar-refractivity contribution < 1.29 is 9.59 Å². The Hall–Kier alpha value is -3.11. The first kappa shape index (κ1) is 19.6. The highest BCUT2D eigenvalue weighted by molar-refractivity contribution is 6.30. The van der Waals surface area contributed by atoms with E-state index in [0.717, 1.165) is 11.1 Å². The van der Waals surface area contributed by atoms with Crippen molar-refractivity contribution in [3.63, 3.8) is 0 Å². The van der Waals surface area contributed by atoms with Crippen molar-refractivity contribution >= 4 is 23.4 Å². The smallest absolute Gasteiger partial charge is 0.251 e. The summed E-state index contributed by atoms with van der Waals surface area (Å²) in [5, 5.41) is 6.46. The number of benzene rings is 3. The molecule has 3 aromatic rings. The van der Waals surface area contributed by atoms with Crippen LogP contribution in [-0.4, -0.2) is 11.8 Å². The fourth-order valence-corrected chi connectivity index (χ4v) is 2.96. The van der Waals surface area contributed by atoms with E-state index < -0.39 is 6.04 Å². The molecule has 0 fully saturated rings. The Bertz CT molecular complexity index is 912. The third-order valence-electron chi connectivity index (χ3n) is 4.34. The zero-order chi connectivity index (χ0) is 19.8. The normalized spacial score (nSPS) is 11.5. The van der Waals surface area contributed by atoms with Crippen molar-refractivity contribution in [1.82, 2.24) is 10.6 Å². The minimum absolute atomic E-state index is 0.132. The number of hydrogen-bond acceptors (Lipinski definition) is 2. The van der Waals surface area contributed by atoms with Crippen LogP contribution < -0.4 is 10.6 Å². The zero-order valence-corrected chi connectivity index (χ0v) is 16.0. The highest BCUT2D eigenvalue weighted by Gasteiger charge is 2.19. The molecule has 142 valence electrons. The Morgan fingerprint density at radius 2 is 1.43 bits per heavy atom. The van der Waals surface area contributed by atoms with Gasteiger partial charge in [0, 0.05) is 17.1 Å². The second-order valence-corrected chi connectivity index (χ2v) is 6.85. The molecule has 0 bridgehead atoms. The molecule has 2 N–H and O–H groups in total. The van der Waals surface area contributed by atoms with Gasteiger partial charge in [0.25, 0.3) is 5.91 Å². The van der Waals surface area contributed by atoms with Gasteiger partial charge in [-0.2, -0.15) is 0 Å². The topological polar surface area (TPSA) is 58.2 Å². The molecule has 0 aliphatic rings. The predicted molar refractivity (Wildman–Crippen MR) is 111 cm³/mol. The largest absolute Gasteiger partial charge is 0.352 e. The number of hydrogen-bond donors (Lipinski definition) is 2. The first-order valence-electron chi connectivity index (χ1n) is 9.04. The predicted octanol–water partition coefficient (Wildman–Crippen LogP) is 4.52. The highest BCUT2D eigenvalue weighted by Crippen LogP contribution is 2.20. The van der Waals surface area contributed by atoms with Crippen LogP contribution in [0, 0.1) is 0 Å². The fourth-order valence-electron chi connectivity index (χ4n) is 2.83. The molecule has 1 atom stereocenters. The van der Waals surface area contributed by atoms with Gasteiger partial charge in [0.1, 0.15) is 0 Å². The molecule has 0 aliphatic heterocycles. The van der Waals surface area contributed by atoms with Gasteiger partial charge in [0.2, 0.25) is 5.91 Å². The SMILES string of the molecule is O=C(C[C@@H](NC(=O)c1ccccc1)c1ccc(Cl)cc1)NCc1ccccc1. The Morgan fingerprint density at radius 1 is 0.821 bits per heavy atom. The van der Waals surface area contributed by atoms with Gasteiger partial charge in [-0.3, -0.25) is 9.59 Å². The molecule has 0 saturated carbocycles. The van der Waals surface area contributed by atoms with Gasteiger partial charge in [-0.05, 0) is 35.4 Å². The fraction of sp³-hybridized carbons (Fsp3) is 0.130. The molecular formula is C23H21ClN2O2. The Balaban J connectivity index is 1.69. The van der Waals surface area contributed by atoms with Gasteiger partial charge < -0.3 is 10.6 Å². The van der Waals surface area contributed by atoms with Gasteiger partial charge in [0.05, 0.1) is 12.5 Å². The summed E-state index contributed by atoms with van der Waals surface area (Å²) in [5.41, 5.74) is 2.39. The number of halogens is 1. The second kappa shape index (κ2) is 9.72. The van der Waals surface area contributed by atoms with Crippen molar-refractivity contribution in [2.24, 2.45) is 0 Å². The summed E-state index contributed by atoms with van der Waals surface area (Å²) in [6.07, 6.45) is 0.132. The van der Waals surface area contributed by atoms with Gasteiger partial charge >= 0.3 is 0 Å². The van der Waals surface area contributed by atoms with Crippen molar-refractivity contribution in [3.05, 3.63) is 107 Å². The molecule has 2 amide bonds. The molecule has 0 radical (unpaired) electrons. The highest BCUT2D eigenvalue weighted by atomic mass is 35.5. The zero-order valence-electron chi connectivity index (χ0n) is 15.3. The van der Waals surface area contributed by atoms with Crippen LogP contribution in [0.4, 0.5) is 0 Å². The van der Waals surface area contributed by atoms with Crippen molar-refractivity contribution in [2.45, 2.75) is 19.0 Å². The van der Waals surface area contributed by atoms with E-state index in [4.69, 9.17) is 11.6 Å². The third kappa shape index (κ3) is 5.69. The van der Waals surface area contributed by atoms with Crippen LogP contribution in [0.25, 0.3) is 0 Å². The minimum atomic E-state index is -0.458. The Morgan fingerprint density at radius 3 is 2.07 bits per heavy atom. The lowest BCUT2D eigenvalue weighted by Crippen LogP contribution is -2.33. The monoisotopic (exact) mass is 392 g/mol. The maximum absolute atomic E-state index is 12.6. The lowest BCUT2D eigenvalue weighted by molar-refractivity contribution is -0.121. The molecule has 4 nitrogen and oxygen atoms in total. The van der Waals surface area contributed by atoms with Crippen molar-refractivity contribution in [1.29, 1.82) is 0 Å². The maximum atomic E-state index is 12.6. The lowest BCUT2D eigenvalue weighted by atomic mass is 10.0. The van der Waals surface area contributed by atoms with E-state index >= 15 is 0 Å². The first-order valence-corrected chi connectivity index (χ1v) is 9.41. The summed E-state index contributed by atoms with van der Waals surface area (Å²) < 4.78 is 0. The summed E-state index contributed by atoms with van der Waals surface area (Å²) in [7, 11) is 0. The maximum Gasteiger partial charge on any atom is 0.251 e. The molecule has 0 unspecified atom stereocenters. The van der Waals surface area contributed by atoms with Crippen LogP contribution >= 0.6 is 11.6 Å². The van der Waals surface area contributed by atoms with Crippen LogP contribution in [0.1, 0.15) is 33.9 Å². The number of nitrogens with one attached hydrogen (secondary N) is 2. The molecular weight excluding hydrogens is 372 g/mol. The molecule has 0 aliphatic carbocycles. The lowest BCUT2D eigenvalue weighted by Gasteiger charge is -2.19. The van der Waals surface area contributed by atoms with E-state index in [0.29, 0.717) is 17.1 Å². The van der Waals surface area contributed by atoms with Gasteiger partial charge in [-0.15, -0.1) is 0 Å². The number of carbonyl (C=O) groups excluding carboxylic acids is 2. The third-order valence-corrected chi connectivity index (χ3v) is 4.59. The van der Waals surface area contributed by atoms with Crippen LogP contribution in [0.5, 0.6) is 0 Å². The molecule has 0 heterocycles. The number of carbonyl (C=O) groups is 2. The van der Waals surface area contributed by atoms with Crippen LogP contribution in [-0.2, 0) is 11.3 Å². The first-order chi connectivity index (χ1) is 13.6. The molecule has 0 spiro atoms. The minimum Gasteiger partial charge on any atom is -0.352 e. The summed E-state index contributed by atoms with van der Waals surface area (Å²) in [6.45, 7) is 0.444. The molecule has 5 heteroatoms. The molecule has 28 heavy (non-hydrogen) atoms. The summed E-state index contributed by atoms with van der Waals surface area (Å²) >= 11 is 5.97. The Labute approximate surface area is 169 Å². The van der Waals surface area contributed by atoms with E-state index in [1.165, 1.54) is 0 Å². The summed E-state index contributed by atoms with van der Waals surface area (Å²) in [4.78, 5) is 25.1. The molecule has 0 saturated heterocycles. The summed E-state index contributed by atoms with van der Waals surface area (Å²) in [6, 6.07) is 25.3. The van der Waals surface area contributed by atoms with E-state index in [1.54, 1.807) is 36.4 Å². The standard InChI is InChI=1S/C23H21ClN2O2/c24-20-13-11-18(12-14-20)21(26-23(28)19-9-5-2-6-10-19)15-22(27)25-16-17-7-3-1-4-8-17/h1-14,21H,15-16H2,(H,25,27)(H,26,28)/t21-/m1/s1. The van der Waals surface area contributed by atoms with E-state index in [9.17, 15) is 9.59 Å². The average Bonchev–Trinajstić information content (AvgIpc) is 2.74. The number of rotatable bonds is 7. The molecule has 3 rings (SSSR count). The van der Waals surface area contributed by atoms with E-state index in [-0.39, 0.29) is 18.2 Å². The van der Waals surface area contributed by atoms with Crippen molar-refractivity contribution in [2.75, 3.05) is 0 Å². The van der Waals surface area contributed by atoms with Crippen LogP contribution in [0.15, 0.2) is 84.9 Å². The second-order valence-electron chi connectivity index (χ2n) is 6.41. The van der Waals surface area contributed by atoms with Gasteiger partial charge in [-0.25, -0.2) is 0 Å². The van der Waals surface area contributed by atoms with E-state index in [2.05, 4.69) is 10.6 Å². The Kier molecular flexibility index (Phi) is 6.82. The van der Waals surface area contributed by atoms with Crippen LogP contribution in [0.2, 0.25) is 5.02 Å². The van der Waals surface area contributed by atoms with Crippen molar-refractivity contribution in [3.8, 4) is 0 Å².